The minimum absolute atomic E-state index is 0.143. The van der Waals surface area contributed by atoms with E-state index in [1.807, 2.05) is 11.8 Å². The Morgan fingerprint density at radius 2 is 2.28 bits per heavy atom. The molecule has 1 aliphatic heterocycles. The number of aromatic nitrogens is 3. The molecule has 18 heavy (non-hydrogen) atoms. The van der Waals surface area contributed by atoms with Crippen LogP contribution in [0.1, 0.15) is 13.3 Å². The Labute approximate surface area is 105 Å². The number of ether oxygens (including phenoxy) is 2. The summed E-state index contributed by atoms with van der Waals surface area (Å²) in [6.45, 7) is 4.35. The van der Waals surface area contributed by atoms with Crippen molar-refractivity contribution >= 4 is 11.9 Å². The molecular weight excluding hydrogens is 236 g/mol. The highest BCUT2D eigenvalue weighted by molar-refractivity contribution is 5.38. The summed E-state index contributed by atoms with van der Waals surface area (Å²) in [6, 6.07) is 0.241. The van der Waals surface area contributed by atoms with Gasteiger partial charge in [-0.1, -0.05) is 0 Å². The Morgan fingerprint density at radius 3 is 3.00 bits per heavy atom. The van der Waals surface area contributed by atoms with Crippen molar-refractivity contribution < 1.29 is 9.47 Å². The van der Waals surface area contributed by atoms with Crippen LogP contribution in [0.25, 0.3) is 0 Å². The average Bonchev–Trinajstić information content (AvgIpc) is 2.62. The van der Waals surface area contributed by atoms with Crippen LogP contribution in [0.15, 0.2) is 0 Å². The van der Waals surface area contributed by atoms with E-state index in [2.05, 4.69) is 20.4 Å². The van der Waals surface area contributed by atoms with E-state index in [1.54, 1.807) is 0 Å². The first-order valence-corrected chi connectivity index (χ1v) is 5.86. The number of nitrogens with one attached hydrogen (secondary N) is 1. The first-order valence-electron chi connectivity index (χ1n) is 5.86. The molecule has 1 aliphatic rings. The summed E-state index contributed by atoms with van der Waals surface area (Å²) in [5, 5.41) is 0. The van der Waals surface area contributed by atoms with Crippen molar-refractivity contribution in [1.29, 1.82) is 0 Å². The van der Waals surface area contributed by atoms with Gasteiger partial charge in [0, 0.05) is 19.7 Å². The molecule has 1 saturated heterocycles. The number of rotatable bonds is 3. The van der Waals surface area contributed by atoms with Crippen LogP contribution >= 0.6 is 0 Å². The number of anilines is 2. The molecule has 0 spiro atoms. The fourth-order valence-corrected chi connectivity index (χ4v) is 1.82. The van der Waals surface area contributed by atoms with Crippen LogP contribution in [0.4, 0.5) is 11.9 Å². The van der Waals surface area contributed by atoms with Gasteiger partial charge in [-0.15, -0.1) is 0 Å². The van der Waals surface area contributed by atoms with Crippen molar-refractivity contribution in [3.8, 4) is 6.01 Å². The zero-order valence-electron chi connectivity index (χ0n) is 10.6. The van der Waals surface area contributed by atoms with Crippen LogP contribution in [0.2, 0.25) is 0 Å². The Balaban J connectivity index is 2.24. The number of hydrazine groups is 1. The number of hydrogen-bond donors (Lipinski definition) is 2. The highest BCUT2D eigenvalue weighted by Crippen LogP contribution is 2.17. The molecular formula is C10H18N6O2. The van der Waals surface area contributed by atoms with Crippen molar-refractivity contribution in [2.24, 2.45) is 5.84 Å². The van der Waals surface area contributed by atoms with Gasteiger partial charge in [0.15, 0.2) is 0 Å². The number of hydrogen-bond acceptors (Lipinski definition) is 8. The lowest BCUT2D eigenvalue weighted by molar-refractivity contribution is 0.0820. The average molecular weight is 254 g/mol. The van der Waals surface area contributed by atoms with Gasteiger partial charge < -0.3 is 14.4 Å². The molecule has 100 valence electrons. The molecule has 0 aliphatic carbocycles. The van der Waals surface area contributed by atoms with E-state index >= 15 is 0 Å². The summed E-state index contributed by atoms with van der Waals surface area (Å²) in [6.07, 6.45) is 1.08. The predicted molar refractivity (Wildman–Crippen MR) is 66.4 cm³/mol. The number of nitrogens with zero attached hydrogens (tertiary/aromatic N) is 4. The largest absolute Gasteiger partial charge is 0.467 e. The molecule has 1 unspecified atom stereocenters. The highest BCUT2D eigenvalue weighted by Gasteiger charge is 2.19. The third-order valence-electron chi connectivity index (χ3n) is 2.65. The third-order valence-corrected chi connectivity index (χ3v) is 2.65. The molecule has 0 aromatic carbocycles. The van der Waals surface area contributed by atoms with E-state index in [0.29, 0.717) is 5.95 Å². The number of nitrogen functional groups attached to an aromatic ring is 1. The Morgan fingerprint density at radius 1 is 1.44 bits per heavy atom. The molecule has 0 bridgehead atoms. The summed E-state index contributed by atoms with van der Waals surface area (Å²) in [4.78, 5) is 14.5. The van der Waals surface area contributed by atoms with E-state index in [-0.39, 0.29) is 18.1 Å². The van der Waals surface area contributed by atoms with Crippen LogP contribution in [0, 0.1) is 0 Å². The maximum Gasteiger partial charge on any atom is 0.322 e. The van der Waals surface area contributed by atoms with E-state index in [1.165, 1.54) is 7.11 Å². The normalized spacial score (nSPS) is 20.4. The van der Waals surface area contributed by atoms with Gasteiger partial charge >= 0.3 is 6.01 Å². The van der Waals surface area contributed by atoms with Crippen molar-refractivity contribution in [3.05, 3.63) is 0 Å². The van der Waals surface area contributed by atoms with Gasteiger partial charge in [0.25, 0.3) is 0 Å². The summed E-state index contributed by atoms with van der Waals surface area (Å²) in [5.41, 5.74) is 2.41. The Kier molecular flexibility index (Phi) is 4.11. The van der Waals surface area contributed by atoms with Crippen molar-refractivity contribution in [2.75, 3.05) is 37.1 Å². The maximum absolute atomic E-state index is 5.58. The topological polar surface area (TPSA) is 98.4 Å². The molecule has 1 aromatic rings. The third kappa shape index (κ3) is 2.96. The standard InChI is InChI=1S/C10H18N6O2/c1-7-6-16(4-3-5-18-7)9-12-8(15-11)13-10(14-9)17-2/h7H,3-6,11H2,1-2H3,(H,12,13,14,15). The molecule has 8 heteroatoms. The fourth-order valence-electron chi connectivity index (χ4n) is 1.82. The van der Waals surface area contributed by atoms with Crippen molar-refractivity contribution in [3.63, 3.8) is 0 Å². The number of methoxy groups -OCH3 is 1. The SMILES string of the molecule is COc1nc(NN)nc(N2CCCOC(C)C2)n1. The van der Waals surface area contributed by atoms with Gasteiger partial charge in [-0.25, -0.2) is 5.84 Å². The van der Waals surface area contributed by atoms with Gasteiger partial charge in [0.1, 0.15) is 0 Å². The fraction of sp³-hybridized carbons (Fsp3) is 0.700. The van der Waals surface area contributed by atoms with Gasteiger partial charge in [-0.3, -0.25) is 5.43 Å². The smallest absolute Gasteiger partial charge is 0.322 e. The second-order valence-electron chi connectivity index (χ2n) is 4.07. The Hall–Kier alpha value is -1.67. The molecule has 0 saturated carbocycles. The summed E-state index contributed by atoms with van der Waals surface area (Å²) >= 11 is 0. The van der Waals surface area contributed by atoms with Crippen LogP contribution in [-0.4, -0.2) is 47.9 Å². The summed E-state index contributed by atoms with van der Waals surface area (Å²) < 4.78 is 10.6. The lowest BCUT2D eigenvalue weighted by atomic mass is 10.3. The van der Waals surface area contributed by atoms with E-state index in [9.17, 15) is 0 Å². The van der Waals surface area contributed by atoms with Crippen LogP contribution in [0.3, 0.4) is 0 Å². The molecule has 0 amide bonds. The van der Waals surface area contributed by atoms with Gasteiger partial charge in [0.2, 0.25) is 11.9 Å². The van der Waals surface area contributed by atoms with Gasteiger partial charge in [0.05, 0.1) is 13.2 Å². The zero-order chi connectivity index (χ0) is 13.0. The van der Waals surface area contributed by atoms with Crippen LogP contribution in [0.5, 0.6) is 6.01 Å². The first kappa shape index (κ1) is 12.8. The summed E-state index contributed by atoms with van der Waals surface area (Å²) in [7, 11) is 1.51. The number of nitrogens with two attached hydrogens (primary N) is 1. The molecule has 1 atom stereocenters. The van der Waals surface area contributed by atoms with Crippen LogP contribution in [-0.2, 0) is 4.74 Å². The highest BCUT2D eigenvalue weighted by atomic mass is 16.5. The lowest BCUT2D eigenvalue weighted by Crippen LogP contribution is -2.32. The second kappa shape index (κ2) is 5.78. The maximum atomic E-state index is 5.58. The van der Waals surface area contributed by atoms with E-state index < -0.39 is 0 Å². The first-order chi connectivity index (χ1) is 8.72. The van der Waals surface area contributed by atoms with Crippen LogP contribution < -0.4 is 20.9 Å². The summed E-state index contributed by atoms with van der Waals surface area (Å²) in [5.74, 6) is 6.16. The Bertz CT molecular complexity index is 380. The van der Waals surface area contributed by atoms with Gasteiger partial charge in [-0.2, -0.15) is 15.0 Å². The monoisotopic (exact) mass is 254 g/mol. The zero-order valence-corrected chi connectivity index (χ0v) is 10.6. The van der Waals surface area contributed by atoms with E-state index in [4.69, 9.17) is 15.3 Å². The molecule has 1 aromatic heterocycles. The molecule has 0 radical (unpaired) electrons. The molecule has 2 heterocycles. The minimum atomic E-state index is 0.143. The lowest BCUT2D eigenvalue weighted by Gasteiger charge is -2.22. The molecule has 1 fully saturated rings. The molecule has 8 nitrogen and oxygen atoms in total. The predicted octanol–water partition coefficient (Wildman–Crippen LogP) is -0.219. The van der Waals surface area contributed by atoms with Crippen molar-refractivity contribution in [1.82, 2.24) is 15.0 Å². The minimum Gasteiger partial charge on any atom is -0.467 e. The molecule has 3 N–H and O–H groups in total. The quantitative estimate of drug-likeness (QED) is 0.564. The van der Waals surface area contributed by atoms with Gasteiger partial charge in [-0.05, 0) is 13.3 Å². The van der Waals surface area contributed by atoms with E-state index in [0.717, 1.165) is 26.1 Å². The molecule has 2 rings (SSSR count). The second-order valence-corrected chi connectivity index (χ2v) is 4.07. The van der Waals surface area contributed by atoms with Crippen molar-refractivity contribution in [2.45, 2.75) is 19.4 Å².